The lowest BCUT2D eigenvalue weighted by molar-refractivity contribution is 0.142. The van der Waals surface area contributed by atoms with Crippen molar-refractivity contribution in [2.75, 3.05) is 33.2 Å². The average Bonchev–Trinajstić information content (AvgIpc) is 3.22. The second kappa shape index (κ2) is 10.1. The lowest BCUT2D eigenvalue weighted by Gasteiger charge is -2.35. The third kappa shape index (κ3) is 5.38. The number of nitrogens with zero attached hydrogens (tertiary/aromatic N) is 3. The van der Waals surface area contributed by atoms with Crippen LogP contribution in [-0.2, 0) is 13.0 Å². The van der Waals surface area contributed by atoms with Gasteiger partial charge in [0.25, 0.3) is 0 Å². The standard InChI is InChI=1S/C26H34N4/c1-21-9-6-7-11-23(21)14-16-30-15-8-10-22(19-30)18-29(2)20-25-17-27-28-26(25)24-12-4-3-5-13-24/h3-7,9,11-13,17,22H,8,10,14-16,18-20H2,1-2H3,(H,27,28)/t22-/m1/s1. The van der Waals surface area contributed by atoms with Crippen molar-refractivity contribution in [1.82, 2.24) is 20.0 Å². The molecule has 1 N–H and O–H groups in total. The lowest BCUT2D eigenvalue weighted by Crippen LogP contribution is -2.40. The number of nitrogens with one attached hydrogen (secondary N) is 1. The fourth-order valence-electron chi connectivity index (χ4n) is 4.75. The number of hydrogen-bond donors (Lipinski definition) is 1. The van der Waals surface area contributed by atoms with Crippen molar-refractivity contribution in [3.63, 3.8) is 0 Å². The van der Waals surface area contributed by atoms with E-state index in [0.717, 1.165) is 31.1 Å². The van der Waals surface area contributed by atoms with Crippen LogP contribution >= 0.6 is 0 Å². The Kier molecular flexibility index (Phi) is 6.98. The number of aryl methyl sites for hydroxylation is 1. The maximum absolute atomic E-state index is 4.31. The molecule has 2 aromatic carbocycles. The zero-order valence-electron chi connectivity index (χ0n) is 18.3. The zero-order chi connectivity index (χ0) is 20.8. The van der Waals surface area contributed by atoms with Gasteiger partial charge in [0.15, 0.2) is 0 Å². The summed E-state index contributed by atoms with van der Waals surface area (Å²) in [6, 6.07) is 19.3. The molecular weight excluding hydrogens is 368 g/mol. The Bertz CT molecular complexity index is 918. The molecule has 4 rings (SSSR count). The van der Waals surface area contributed by atoms with Crippen LogP contribution in [0.25, 0.3) is 11.3 Å². The van der Waals surface area contributed by atoms with E-state index in [9.17, 15) is 0 Å². The van der Waals surface area contributed by atoms with Gasteiger partial charge in [0.05, 0.1) is 11.9 Å². The first-order valence-corrected chi connectivity index (χ1v) is 11.2. The van der Waals surface area contributed by atoms with Crippen molar-refractivity contribution in [1.29, 1.82) is 0 Å². The Labute approximate surface area is 180 Å². The molecule has 158 valence electrons. The molecule has 1 atom stereocenters. The number of aromatic amines is 1. The minimum Gasteiger partial charge on any atom is -0.303 e. The van der Waals surface area contributed by atoms with Crippen LogP contribution < -0.4 is 0 Å². The van der Waals surface area contributed by atoms with Crippen molar-refractivity contribution in [2.24, 2.45) is 5.92 Å². The fraction of sp³-hybridized carbons (Fsp3) is 0.423. The molecule has 1 saturated heterocycles. The zero-order valence-corrected chi connectivity index (χ0v) is 18.3. The number of rotatable bonds is 8. The number of piperidine rings is 1. The Morgan fingerprint density at radius 1 is 1.07 bits per heavy atom. The molecule has 0 radical (unpaired) electrons. The van der Waals surface area contributed by atoms with Gasteiger partial charge in [-0.15, -0.1) is 0 Å². The monoisotopic (exact) mass is 402 g/mol. The van der Waals surface area contributed by atoms with E-state index in [1.165, 1.54) is 54.7 Å². The van der Waals surface area contributed by atoms with Crippen LogP contribution in [0.2, 0.25) is 0 Å². The fourth-order valence-corrected chi connectivity index (χ4v) is 4.75. The first-order chi connectivity index (χ1) is 14.7. The van der Waals surface area contributed by atoms with Crippen molar-refractivity contribution >= 4 is 0 Å². The van der Waals surface area contributed by atoms with Crippen LogP contribution in [0.5, 0.6) is 0 Å². The van der Waals surface area contributed by atoms with Crippen molar-refractivity contribution in [3.05, 3.63) is 77.5 Å². The molecule has 1 aliphatic rings. The Balaban J connectivity index is 1.29. The summed E-state index contributed by atoms with van der Waals surface area (Å²) in [4.78, 5) is 5.13. The largest absolute Gasteiger partial charge is 0.303 e. The third-order valence-corrected chi connectivity index (χ3v) is 6.35. The van der Waals surface area contributed by atoms with E-state index in [1.54, 1.807) is 0 Å². The normalized spacial score (nSPS) is 17.5. The number of H-pyrrole nitrogens is 1. The minimum atomic E-state index is 0.743. The van der Waals surface area contributed by atoms with Crippen LogP contribution in [0.4, 0.5) is 0 Å². The SMILES string of the molecule is Cc1ccccc1CCN1CCC[C@H](CN(C)Cc2cn[nH]c2-c2ccccc2)C1. The summed E-state index contributed by atoms with van der Waals surface area (Å²) in [5.41, 5.74) is 6.53. The smallest absolute Gasteiger partial charge is 0.0695 e. The predicted molar refractivity (Wildman–Crippen MR) is 124 cm³/mol. The van der Waals surface area contributed by atoms with E-state index in [4.69, 9.17) is 0 Å². The molecule has 30 heavy (non-hydrogen) atoms. The summed E-state index contributed by atoms with van der Waals surface area (Å²) in [6.45, 7) is 7.92. The van der Waals surface area contributed by atoms with Crippen LogP contribution in [-0.4, -0.2) is 53.2 Å². The van der Waals surface area contributed by atoms with Gasteiger partial charge in [-0.2, -0.15) is 5.10 Å². The topological polar surface area (TPSA) is 35.2 Å². The van der Waals surface area contributed by atoms with Gasteiger partial charge in [0.2, 0.25) is 0 Å². The molecule has 1 aromatic heterocycles. The molecule has 1 fully saturated rings. The Hall–Kier alpha value is -2.43. The van der Waals surface area contributed by atoms with E-state index < -0.39 is 0 Å². The second-order valence-corrected chi connectivity index (χ2v) is 8.82. The van der Waals surface area contributed by atoms with Crippen LogP contribution in [0.1, 0.15) is 29.5 Å². The molecule has 0 unspecified atom stereocenters. The molecule has 0 aliphatic carbocycles. The van der Waals surface area contributed by atoms with Gasteiger partial charge in [-0.1, -0.05) is 54.6 Å². The highest BCUT2D eigenvalue weighted by molar-refractivity contribution is 5.62. The highest BCUT2D eigenvalue weighted by Crippen LogP contribution is 2.23. The van der Waals surface area contributed by atoms with Gasteiger partial charge < -0.3 is 9.80 Å². The molecule has 0 spiro atoms. The van der Waals surface area contributed by atoms with Crippen LogP contribution in [0.15, 0.2) is 60.8 Å². The van der Waals surface area contributed by atoms with Gasteiger partial charge in [0.1, 0.15) is 0 Å². The van der Waals surface area contributed by atoms with Gasteiger partial charge >= 0.3 is 0 Å². The van der Waals surface area contributed by atoms with Crippen molar-refractivity contribution in [3.8, 4) is 11.3 Å². The van der Waals surface area contributed by atoms with Crippen LogP contribution in [0.3, 0.4) is 0 Å². The van der Waals surface area contributed by atoms with Gasteiger partial charge in [-0.3, -0.25) is 5.10 Å². The van der Waals surface area contributed by atoms with E-state index >= 15 is 0 Å². The summed E-state index contributed by atoms with van der Waals surface area (Å²) >= 11 is 0. The molecule has 1 aliphatic heterocycles. The summed E-state index contributed by atoms with van der Waals surface area (Å²) in [5.74, 6) is 0.743. The molecule has 4 heteroatoms. The van der Waals surface area contributed by atoms with Gasteiger partial charge in [0, 0.05) is 31.7 Å². The molecular formula is C26H34N4. The van der Waals surface area contributed by atoms with Crippen molar-refractivity contribution in [2.45, 2.75) is 32.7 Å². The highest BCUT2D eigenvalue weighted by Gasteiger charge is 2.21. The second-order valence-electron chi connectivity index (χ2n) is 8.82. The number of likely N-dealkylation sites (tertiary alicyclic amines) is 1. The number of aromatic nitrogens is 2. The molecule has 0 saturated carbocycles. The van der Waals surface area contributed by atoms with E-state index in [-0.39, 0.29) is 0 Å². The Morgan fingerprint density at radius 2 is 1.87 bits per heavy atom. The lowest BCUT2D eigenvalue weighted by atomic mass is 9.96. The third-order valence-electron chi connectivity index (χ3n) is 6.35. The Morgan fingerprint density at radius 3 is 2.70 bits per heavy atom. The summed E-state index contributed by atoms with van der Waals surface area (Å²) in [6.07, 6.45) is 5.79. The molecule has 4 nitrogen and oxygen atoms in total. The highest BCUT2D eigenvalue weighted by atomic mass is 15.2. The van der Waals surface area contributed by atoms with Gasteiger partial charge in [-0.05, 0) is 62.4 Å². The molecule has 0 bridgehead atoms. The summed E-state index contributed by atoms with van der Waals surface area (Å²) in [7, 11) is 2.24. The average molecular weight is 403 g/mol. The predicted octanol–water partition coefficient (Wildman–Crippen LogP) is 4.77. The minimum absolute atomic E-state index is 0.743. The van der Waals surface area contributed by atoms with E-state index in [2.05, 4.69) is 88.6 Å². The maximum Gasteiger partial charge on any atom is 0.0695 e. The van der Waals surface area contributed by atoms with Crippen LogP contribution in [0, 0.1) is 12.8 Å². The number of benzene rings is 2. The molecule has 0 amide bonds. The number of hydrogen-bond acceptors (Lipinski definition) is 3. The summed E-state index contributed by atoms with van der Waals surface area (Å²) < 4.78 is 0. The van der Waals surface area contributed by atoms with E-state index in [0.29, 0.717) is 0 Å². The first kappa shape index (κ1) is 20.8. The van der Waals surface area contributed by atoms with Crippen molar-refractivity contribution < 1.29 is 0 Å². The molecule has 3 aromatic rings. The molecule has 2 heterocycles. The quantitative estimate of drug-likeness (QED) is 0.589. The maximum atomic E-state index is 4.31. The first-order valence-electron chi connectivity index (χ1n) is 11.2. The summed E-state index contributed by atoms with van der Waals surface area (Å²) in [5, 5.41) is 7.50. The van der Waals surface area contributed by atoms with Gasteiger partial charge in [-0.25, -0.2) is 0 Å². The van der Waals surface area contributed by atoms with E-state index in [1.807, 2.05) is 6.20 Å².